The monoisotopic (exact) mass is 402 g/mol. The number of sulfonamides is 1. The lowest BCUT2D eigenvalue weighted by Crippen LogP contribution is -2.39. The molecule has 2 heterocycles. The fourth-order valence-corrected chi connectivity index (χ4v) is 5.15. The Morgan fingerprint density at radius 3 is 2.54 bits per heavy atom. The second-order valence-electron chi connectivity index (χ2n) is 7.34. The summed E-state index contributed by atoms with van der Waals surface area (Å²) in [6.45, 7) is 5.85. The Balaban J connectivity index is 2.00. The number of unbranched alkanes of at least 4 members (excludes halogenated alkanes) is 1. The van der Waals surface area contributed by atoms with Gasteiger partial charge in [0.2, 0.25) is 10.0 Å². The molecule has 1 aromatic carbocycles. The minimum absolute atomic E-state index is 0.210. The number of hydrogen-bond donors (Lipinski definition) is 0. The van der Waals surface area contributed by atoms with E-state index < -0.39 is 10.0 Å². The maximum atomic E-state index is 12.7. The minimum atomic E-state index is -3.25. The molecule has 28 heavy (non-hydrogen) atoms. The van der Waals surface area contributed by atoms with E-state index in [1.807, 2.05) is 44.3 Å². The van der Waals surface area contributed by atoms with E-state index in [0.29, 0.717) is 31.8 Å². The van der Waals surface area contributed by atoms with Crippen LogP contribution in [0.2, 0.25) is 0 Å². The predicted octanol–water partition coefficient (Wildman–Crippen LogP) is 3.48. The van der Waals surface area contributed by atoms with Crippen LogP contribution in [-0.2, 0) is 23.0 Å². The maximum Gasteiger partial charge on any atom is 0.214 e. The summed E-state index contributed by atoms with van der Waals surface area (Å²) in [6, 6.07) is 9.96. The van der Waals surface area contributed by atoms with Crippen molar-refractivity contribution < 1.29 is 8.42 Å². The number of benzene rings is 1. The predicted molar refractivity (Wildman–Crippen MR) is 114 cm³/mol. The zero-order chi connectivity index (χ0) is 20.1. The van der Waals surface area contributed by atoms with Crippen LogP contribution in [0.15, 0.2) is 30.3 Å². The zero-order valence-corrected chi connectivity index (χ0v) is 17.9. The molecule has 0 fully saturated rings. The fourth-order valence-electron chi connectivity index (χ4n) is 3.54. The Labute approximate surface area is 168 Å². The molecule has 3 rings (SSSR count). The highest BCUT2D eigenvalue weighted by molar-refractivity contribution is 7.89. The van der Waals surface area contributed by atoms with E-state index in [-0.39, 0.29) is 5.75 Å². The van der Waals surface area contributed by atoms with Crippen LogP contribution in [0.1, 0.15) is 44.4 Å². The standard InChI is InChI=1S/C21H30N4O2S/c1-4-6-15-28(26,27)25-14-12-19-18(16-25)21(24(3)13-5-2)23-20(22-19)17-10-8-7-9-11-17/h7-11H,4-6,12-16H2,1-3H3. The van der Waals surface area contributed by atoms with Crippen molar-refractivity contribution in [1.82, 2.24) is 14.3 Å². The van der Waals surface area contributed by atoms with E-state index >= 15 is 0 Å². The van der Waals surface area contributed by atoms with Gasteiger partial charge in [-0.25, -0.2) is 18.4 Å². The van der Waals surface area contributed by atoms with E-state index in [1.54, 1.807) is 4.31 Å². The summed E-state index contributed by atoms with van der Waals surface area (Å²) in [5.41, 5.74) is 2.89. The molecule has 2 aromatic rings. The molecule has 0 aliphatic carbocycles. The molecule has 0 bridgehead atoms. The van der Waals surface area contributed by atoms with E-state index in [0.717, 1.165) is 42.0 Å². The number of nitrogens with zero attached hydrogens (tertiary/aromatic N) is 4. The SMILES string of the molecule is CCCCS(=O)(=O)N1CCc2nc(-c3ccccc3)nc(N(C)CCC)c2C1. The minimum Gasteiger partial charge on any atom is -0.359 e. The first-order valence-corrected chi connectivity index (χ1v) is 11.7. The van der Waals surface area contributed by atoms with Crippen molar-refractivity contribution in [3.05, 3.63) is 41.6 Å². The number of rotatable bonds is 8. The van der Waals surface area contributed by atoms with Gasteiger partial charge in [-0.3, -0.25) is 0 Å². The number of hydrogen-bond acceptors (Lipinski definition) is 5. The van der Waals surface area contributed by atoms with Gasteiger partial charge in [0.25, 0.3) is 0 Å². The van der Waals surface area contributed by atoms with Crippen molar-refractivity contribution in [3.8, 4) is 11.4 Å². The highest BCUT2D eigenvalue weighted by Gasteiger charge is 2.30. The third-order valence-corrected chi connectivity index (χ3v) is 7.01. The molecule has 0 radical (unpaired) electrons. The van der Waals surface area contributed by atoms with Gasteiger partial charge < -0.3 is 4.90 Å². The van der Waals surface area contributed by atoms with Gasteiger partial charge in [-0.05, 0) is 12.8 Å². The lowest BCUT2D eigenvalue weighted by Gasteiger charge is -2.31. The molecule has 0 amide bonds. The van der Waals surface area contributed by atoms with E-state index in [2.05, 4.69) is 11.8 Å². The maximum absolute atomic E-state index is 12.7. The first kappa shape index (κ1) is 20.7. The summed E-state index contributed by atoms with van der Waals surface area (Å²) in [7, 11) is -1.23. The normalized spacial score (nSPS) is 14.7. The van der Waals surface area contributed by atoms with Crippen molar-refractivity contribution in [2.45, 2.75) is 46.1 Å². The van der Waals surface area contributed by atoms with E-state index in [9.17, 15) is 8.42 Å². The number of anilines is 1. The van der Waals surface area contributed by atoms with Crippen LogP contribution in [0.25, 0.3) is 11.4 Å². The third-order valence-electron chi connectivity index (χ3n) is 5.11. The summed E-state index contributed by atoms with van der Waals surface area (Å²) in [5, 5.41) is 0. The molecule has 7 heteroatoms. The molecule has 0 spiro atoms. The topological polar surface area (TPSA) is 66.4 Å². The molecular weight excluding hydrogens is 372 g/mol. The molecule has 0 saturated heterocycles. The molecule has 0 N–H and O–H groups in total. The third kappa shape index (κ3) is 4.52. The highest BCUT2D eigenvalue weighted by Crippen LogP contribution is 2.30. The van der Waals surface area contributed by atoms with E-state index in [4.69, 9.17) is 9.97 Å². The highest BCUT2D eigenvalue weighted by atomic mass is 32.2. The lowest BCUT2D eigenvalue weighted by atomic mass is 10.1. The van der Waals surface area contributed by atoms with Gasteiger partial charge in [0.05, 0.1) is 11.4 Å². The smallest absolute Gasteiger partial charge is 0.214 e. The van der Waals surface area contributed by atoms with E-state index in [1.165, 1.54) is 0 Å². The van der Waals surface area contributed by atoms with Gasteiger partial charge in [-0.15, -0.1) is 0 Å². The fraction of sp³-hybridized carbons (Fsp3) is 0.524. The summed E-state index contributed by atoms with van der Waals surface area (Å²) >= 11 is 0. The van der Waals surface area contributed by atoms with Crippen LogP contribution in [0.3, 0.4) is 0 Å². The first-order chi connectivity index (χ1) is 13.5. The molecular formula is C21H30N4O2S. The van der Waals surface area contributed by atoms with Crippen LogP contribution >= 0.6 is 0 Å². The first-order valence-electron chi connectivity index (χ1n) is 10.1. The molecule has 0 unspecified atom stereocenters. The molecule has 1 aromatic heterocycles. The van der Waals surface area contributed by atoms with Crippen molar-refractivity contribution >= 4 is 15.8 Å². The van der Waals surface area contributed by atoms with Crippen LogP contribution in [-0.4, -0.2) is 48.6 Å². The van der Waals surface area contributed by atoms with Crippen molar-refractivity contribution in [1.29, 1.82) is 0 Å². The zero-order valence-electron chi connectivity index (χ0n) is 17.1. The summed E-state index contributed by atoms with van der Waals surface area (Å²) < 4.78 is 27.1. The Kier molecular flexibility index (Phi) is 6.67. The molecule has 1 aliphatic rings. The summed E-state index contributed by atoms with van der Waals surface area (Å²) in [5.74, 6) is 1.77. The second kappa shape index (κ2) is 9.01. The van der Waals surface area contributed by atoms with Gasteiger partial charge in [-0.1, -0.05) is 50.6 Å². The van der Waals surface area contributed by atoms with Gasteiger partial charge in [-0.2, -0.15) is 4.31 Å². The molecule has 6 nitrogen and oxygen atoms in total. The Morgan fingerprint density at radius 1 is 1.11 bits per heavy atom. The van der Waals surface area contributed by atoms with Crippen LogP contribution < -0.4 is 4.90 Å². The molecule has 152 valence electrons. The number of aromatic nitrogens is 2. The van der Waals surface area contributed by atoms with Crippen molar-refractivity contribution in [3.63, 3.8) is 0 Å². The quantitative estimate of drug-likeness (QED) is 0.676. The van der Waals surface area contributed by atoms with Gasteiger partial charge >= 0.3 is 0 Å². The molecule has 0 saturated carbocycles. The van der Waals surface area contributed by atoms with Crippen LogP contribution in [0.5, 0.6) is 0 Å². The van der Waals surface area contributed by atoms with Crippen LogP contribution in [0, 0.1) is 0 Å². The van der Waals surface area contributed by atoms with Gasteiger partial charge in [0.1, 0.15) is 5.82 Å². The lowest BCUT2D eigenvalue weighted by molar-refractivity contribution is 0.386. The average Bonchev–Trinajstić information content (AvgIpc) is 2.72. The Bertz CT molecular complexity index is 900. The molecule has 1 aliphatic heterocycles. The summed E-state index contributed by atoms with van der Waals surface area (Å²) in [6.07, 6.45) is 3.18. The van der Waals surface area contributed by atoms with Crippen molar-refractivity contribution in [2.75, 3.05) is 30.8 Å². The van der Waals surface area contributed by atoms with Crippen molar-refractivity contribution in [2.24, 2.45) is 0 Å². The Morgan fingerprint density at radius 2 is 1.86 bits per heavy atom. The van der Waals surface area contributed by atoms with Crippen LogP contribution in [0.4, 0.5) is 5.82 Å². The number of fused-ring (bicyclic) bond motifs is 1. The average molecular weight is 403 g/mol. The molecule has 0 atom stereocenters. The second-order valence-corrected chi connectivity index (χ2v) is 9.43. The van der Waals surface area contributed by atoms with Gasteiger partial charge in [0, 0.05) is 44.2 Å². The summed E-state index contributed by atoms with van der Waals surface area (Å²) in [4.78, 5) is 11.8. The van der Waals surface area contributed by atoms with Gasteiger partial charge in [0.15, 0.2) is 5.82 Å². The Hall–Kier alpha value is -1.99. The largest absolute Gasteiger partial charge is 0.359 e.